The Labute approximate surface area is 183 Å². The van der Waals surface area contributed by atoms with Crippen molar-refractivity contribution in [1.29, 1.82) is 5.26 Å². The summed E-state index contributed by atoms with van der Waals surface area (Å²) in [5.74, 6) is 2.75. The topological polar surface area (TPSA) is 23.8 Å². The molecule has 2 aliphatic carbocycles. The highest BCUT2D eigenvalue weighted by molar-refractivity contribution is 5.35. The number of allylic oxidation sites excluding steroid dienone is 2. The van der Waals surface area contributed by atoms with E-state index in [1.54, 1.807) is 12.1 Å². The number of hydrogen-bond acceptors (Lipinski definition) is 1. The number of hydrogen-bond donors (Lipinski definition) is 0. The van der Waals surface area contributed by atoms with Crippen molar-refractivity contribution in [1.82, 2.24) is 0 Å². The first kappa shape index (κ1) is 23.1. The average Bonchev–Trinajstić information content (AvgIpc) is 2.78. The van der Waals surface area contributed by atoms with Crippen LogP contribution in [0.15, 0.2) is 30.4 Å². The molecule has 0 aliphatic heterocycles. The van der Waals surface area contributed by atoms with E-state index in [9.17, 15) is 4.39 Å². The van der Waals surface area contributed by atoms with Crippen LogP contribution in [0.2, 0.25) is 0 Å². The van der Waals surface area contributed by atoms with Gasteiger partial charge in [-0.1, -0.05) is 76.5 Å². The van der Waals surface area contributed by atoms with Crippen LogP contribution < -0.4 is 0 Å². The molecule has 0 heterocycles. The maximum absolute atomic E-state index is 13.9. The van der Waals surface area contributed by atoms with Gasteiger partial charge in [0.25, 0.3) is 0 Å². The van der Waals surface area contributed by atoms with E-state index in [2.05, 4.69) is 19.1 Å². The van der Waals surface area contributed by atoms with Crippen molar-refractivity contribution in [2.45, 2.75) is 103 Å². The number of benzene rings is 1. The molecule has 0 saturated heterocycles. The van der Waals surface area contributed by atoms with Crippen LogP contribution in [0.1, 0.15) is 114 Å². The molecule has 2 fully saturated rings. The van der Waals surface area contributed by atoms with Crippen LogP contribution in [0.4, 0.5) is 4.39 Å². The van der Waals surface area contributed by atoms with Gasteiger partial charge in [-0.3, -0.25) is 0 Å². The summed E-state index contributed by atoms with van der Waals surface area (Å²) in [7, 11) is 0. The van der Waals surface area contributed by atoms with Crippen LogP contribution in [0.5, 0.6) is 0 Å². The average molecular weight is 410 g/mol. The lowest BCUT2D eigenvalue weighted by molar-refractivity contribution is 0.250. The summed E-state index contributed by atoms with van der Waals surface area (Å²) in [6, 6.07) is 7.07. The molecular formula is C28H40FN. The molecule has 0 bridgehead atoms. The Morgan fingerprint density at radius 1 is 0.967 bits per heavy atom. The van der Waals surface area contributed by atoms with E-state index in [0.717, 1.165) is 30.2 Å². The molecule has 0 radical (unpaired) electrons. The Morgan fingerprint density at radius 2 is 1.67 bits per heavy atom. The quantitative estimate of drug-likeness (QED) is 0.295. The van der Waals surface area contributed by atoms with Gasteiger partial charge in [-0.25, -0.2) is 4.39 Å². The van der Waals surface area contributed by atoms with Crippen molar-refractivity contribution < 1.29 is 4.39 Å². The lowest BCUT2D eigenvalue weighted by Gasteiger charge is -2.28. The van der Waals surface area contributed by atoms with Crippen LogP contribution >= 0.6 is 0 Å². The summed E-state index contributed by atoms with van der Waals surface area (Å²) in [5, 5.41) is 8.89. The van der Waals surface area contributed by atoms with Gasteiger partial charge in [0.2, 0.25) is 0 Å². The molecule has 1 aromatic rings. The van der Waals surface area contributed by atoms with E-state index in [1.807, 2.05) is 12.1 Å². The lowest BCUT2D eigenvalue weighted by Crippen LogP contribution is -2.14. The zero-order valence-electron chi connectivity index (χ0n) is 18.9. The summed E-state index contributed by atoms with van der Waals surface area (Å²) in [6.07, 6.45) is 23.7. The molecule has 2 saturated carbocycles. The monoisotopic (exact) mass is 409 g/mol. The van der Waals surface area contributed by atoms with Crippen LogP contribution in [0.3, 0.4) is 0 Å². The molecule has 2 heteroatoms. The summed E-state index contributed by atoms with van der Waals surface area (Å²) >= 11 is 0. The number of halogens is 1. The molecule has 0 N–H and O–H groups in total. The minimum Gasteiger partial charge on any atom is -0.206 e. The van der Waals surface area contributed by atoms with Gasteiger partial charge in [-0.05, 0) is 79.9 Å². The van der Waals surface area contributed by atoms with E-state index in [1.165, 1.54) is 77.0 Å². The van der Waals surface area contributed by atoms with Gasteiger partial charge in [0.15, 0.2) is 0 Å². The summed E-state index contributed by atoms with van der Waals surface area (Å²) in [4.78, 5) is 0. The summed E-state index contributed by atoms with van der Waals surface area (Å²) < 4.78 is 13.9. The molecule has 3 rings (SSSR count). The van der Waals surface area contributed by atoms with Crippen molar-refractivity contribution in [2.75, 3.05) is 0 Å². The summed E-state index contributed by atoms with van der Waals surface area (Å²) in [5.41, 5.74) is 1.22. The third-order valence-electron chi connectivity index (χ3n) is 7.69. The second kappa shape index (κ2) is 12.3. The highest BCUT2D eigenvalue weighted by atomic mass is 19.1. The Morgan fingerprint density at radius 3 is 2.30 bits per heavy atom. The van der Waals surface area contributed by atoms with Crippen LogP contribution in [0.25, 0.3) is 0 Å². The lowest BCUT2D eigenvalue weighted by atomic mass is 9.77. The summed E-state index contributed by atoms with van der Waals surface area (Å²) in [6.45, 7) is 2.30. The normalized spacial score (nSPS) is 27.2. The van der Waals surface area contributed by atoms with Crippen molar-refractivity contribution in [3.8, 4) is 6.07 Å². The van der Waals surface area contributed by atoms with Gasteiger partial charge in [0.05, 0.1) is 5.56 Å². The predicted molar refractivity (Wildman–Crippen MR) is 124 cm³/mol. The molecular weight excluding hydrogens is 369 g/mol. The Balaban J connectivity index is 1.31. The van der Waals surface area contributed by atoms with Gasteiger partial charge in [-0.2, -0.15) is 5.26 Å². The first-order chi connectivity index (χ1) is 14.7. The second-order valence-electron chi connectivity index (χ2n) is 9.85. The fraction of sp³-hybridized carbons (Fsp3) is 0.679. The zero-order chi connectivity index (χ0) is 21.2. The molecule has 164 valence electrons. The molecule has 1 nitrogen and oxygen atoms in total. The smallest absolute Gasteiger partial charge is 0.141 e. The van der Waals surface area contributed by atoms with Crippen LogP contribution in [0, 0.1) is 34.9 Å². The minimum absolute atomic E-state index is 0.153. The van der Waals surface area contributed by atoms with Crippen molar-refractivity contribution in [3.63, 3.8) is 0 Å². The van der Waals surface area contributed by atoms with Gasteiger partial charge in [0.1, 0.15) is 11.9 Å². The van der Waals surface area contributed by atoms with Gasteiger partial charge in [0, 0.05) is 0 Å². The maximum Gasteiger partial charge on any atom is 0.141 e. The molecule has 0 spiro atoms. The standard InChI is InChI=1S/C28H40FN/c1-2-3-4-7-22-10-12-23(13-11-22)8-5-6-9-24-14-16-25(17-15-24)26-18-19-27(21-30)28(29)20-26/h6,9,18-20,22-25H,2-5,7-8,10-17H2,1H3/b9-6+. The Bertz CT molecular complexity index is 700. The number of nitriles is 1. The van der Waals surface area contributed by atoms with E-state index in [4.69, 9.17) is 5.26 Å². The maximum atomic E-state index is 13.9. The number of rotatable bonds is 9. The Kier molecular flexibility index (Phi) is 9.44. The van der Waals surface area contributed by atoms with E-state index < -0.39 is 0 Å². The number of unbranched alkanes of at least 4 members (excludes halogenated alkanes) is 2. The minimum atomic E-state index is -0.369. The van der Waals surface area contributed by atoms with Crippen LogP contribution in [-0.2, 0) is 0 Å². The number of nitrogens with zero attached hydrogens (tertiary/aromatic N) is 1. The van der Waals surface area contributed by atoms with E-state index in [-0.39, 0.29) is 11.4 Å². The highest BCUT2D eigenvalue weighted by Gasteiger charge is 2.22. The van der Waals surface area contributed by atoms with Crippen molar-refractivity contribution in [3.05, 3.63) is 47.3 Å². The van der Waals surface area contributed by atoms with Gasteiger partial charge >= 0.3 is 0 Å². The van der Waals surface area contributed by atoms with Gasteiger partial charge in [-0.15, -0.1) is 0 Å². The third-order valence-corrected chi connectivity index (χ3v) is 7.69. The molecule has 0 atom stereocenters. The molecule has 2 aliphatic rings. The van der Waals surface area contributed by atoms with Crippen LogP contribution in [-0.4, -0.2) is 0 Å². The fourth-order valence-corrected chi connectivity index (χ4v) is 5.63. The molecule has 30 heavy (non-hydrogen) atoms. The SMILES string of the molecule is CCCCCC1CCC(CC/C=C/C2CCC(c3ccc(C#N)c(F)c3)CC2)CC1. The van der Waals surface area contributed by atoms with E-state index in [0.29, 0.717) is 11.8 Å². The zero-order valence-corrected chi connectivity index (χ0v) is 18.9. The molecule has 1 aromatic carbocycles. The van der Waals surface area contributed by atoms with E-state index >= 15 is 0 Å². The second-order valence-corrected chi connectivity index (χ2v) is 9.85. The first-order valence-electron chi connectivity index (χ1n) is 12.6. The van der Waals surface area contributed by atoms with Gasteiger partial charge < -0.3 is 0 Å². The molecule has 0 amide bonds. The molecule has 0 aromatic heterocycles. The largest absolute Gasteiger partial charge is 0.206 e. The van der Waals surface area contributed by atoms with Crippen molar-refractivity contribution in [2.24, 2.45) is 17.8 Å². The van der Waals surface area contributed by atoms with Crippen molar-refractivity contribution >= 4 is 0 Å². The first-order valence-corrected chi connectivity index (χ1v) is 12.6. The molecule has 0 unspecified atom stereocenters. The predicted octanol–water partition coefficient (Wildman–Crippen LogP) is 8.69. The Hall–Kier alpha value is -1.62. The fourth-order valence-electron chi connectivity index (χ4n) is 5.63. The third kappa shape index (κ3) is 6.97. The highest BCUT2D eigenvalue weighted by Crippen LogP contribution is 2.37.